The van der Waals surface area contributed by atoms with Crippen LogP contribution in [0.1, 0.15) is 25.5 Å². The van der Waals surface area contributed by atoms with Crippen LogP contribution >= 0.6 is 12.2 Å². The highest BCUT2D eigenvalue weighted by Crippen LogP contribution is 2.34. The number of rotatable bonds is 5. The zero-order valence-electron chi connectivity index (χ0n) is 13.6. The van der Waals surface area contributed by atoms with Gasteiger partial charge < -0.3 is 24.8 Å². The smallest absolute Gasteiger partial charge is 0.337 e. The second-order valence-electron chi connectivity index (χ2n) is 4.91. The second-order valence-corrected chi connectivity index (χ2v) is 5.31. The van der Waals surface area contributed by atoms with E-state index in [4.69, 9.17) is 26.4 Å². The minimum Gasteiger partial charge on any atom is -0.493 e. The summed E-state index contributed by atoms with van der Waals surface area (Å²) in [4.78, 5) is 12.1. The number of carbonyl (C=O) groups is 1. The van der Waals surface area contributed by atoms with Gasteiger partial charge in [0.15, 0.2) is 16.6 Å². The van der Waals surface area contributed by atoms with Gasteiger partial charge in [0.25, 0.3) is 0 Å². The van der Waals surface area contributed by atoms with Crippen molar-refractivity contribution in [1.29, 1.82) is 0 Å². The number of nitrogens with one attached hydrogen (secondary N) is 2. The van der Waals surface area contributed by atoms with E-state index in [0.717, 1.165) is 5.56 Å². The van der Waals surface area contributed by atoms with Crippen LogP contribution in [0.15, 0.2) is 29.5 Å². The summed E-state index contributed by atoms with van der Waals surface area (Å²) in [7, 11) is 2.94. The third-order valence-corrected chi connectivity index (χ3v) is 3.72. The van der Waals surface area contributed by atoms with Crippen LogP contribution in [-0.4, -0.2) is 31.9 Å². The summed E-state index contributed by atoms with van der Waals surface area (Å²) in [5.74, 6) is 0.830. The van der Waals surface area contributed by atoms with Crippen LogP contribution in [0.25, 0.3) is 0 Å². The van der Waals surface area contributed by atoms with Crippen molar-refractivity contribution in [3.05, 3.63) is 35.0 Å². The molecule has 1 atom stereocenters. The van der Waals surface area contributed by atoms with E-state index >= 15 is 0 Å². The molecule has 0 saturated heterocycles. The van der Waals surface area contributed by atoms with Gasteiger partial charge in [-0.15, -0.1) is 0 Å². The molecule has 0 aliphatic carbocycles. The zero-order valence-corrected chi connectivity index (χ0v) is 14.4. The van der Waals surface area contributed by atoms with Gasteiger partial charge in [-0.1, -0.05) is 6.07 Å². The summed E-state index contributed by atoms with van der Waals surface area (Å²) in [6.07, 6.45) is 0. The van der Waals surface area contributed by atoms with Gasteiger partial charge in [-0.3, -0.25) is 0 Å². The first-order valence-electron chi connectivity index (χ1n) is 7.19. The average molecular weight is 336 g/mol. The Labute approximate surface area is 140 Å². The molecule has 7 heteroatoms. The Morgan fingerprint density at radius 1 is 1.30 bits per heavy atom. The fourth-order valence-electron chi connectivity index (χ4n) is 2.47. The Morgan fingerprint density at radius 3 is 2.65 bits per heavy atom. The van der Waals surface area contributed by atoms with E-state index in [9.17, 15) is 4.79 Å². The highest BCUT2D eigenvalue weighted by atomic mass is 32.1. The number of ether oxygens (including phenoxy) is 3. The summed E-state index contributed by atoms with van der Waals surface area (Å²) in [5, 5.41) is 6.50. The monoisotopic (exact) mass is 336 g/mol. The lowest BCUT2D eigenvalue weighted by Crippen LogP contribution is -2.45. The SMILES string of the molecule is CCOc1cc(C2NC(=S)NC(C)=C2C(=O)OC)ccc1OC. The van der Waals surface area contributed by atoms with Crippen LogP contribution in [0.5, 0.6) is 11.5 Å². The summed E-state index contributed by atoms with van der Waals surface area (Å²) in [6, 6.07) is 5.09. The lowest BCUT2D eigenvalue weighted by Gasteiger charge is -2.30. The van der Waals surface area contributed by atoms with Gasteiger partial charge in [0.1, 0.15) is 0 Å². The van der Waals surface area contributed by atoms with Crippen molar-refractivity contribution in [1.82, 2.24) is 10.6 Å². The minimum absolute atomic E-state index is 0.413. The number of methoxy groups -OCH3 is 2. The van der Waals surface area contributed by atoms with Crippen LogP contribution < -0.4 is 20.1 Å². The number of hydrogen-bond donors (Lipinski definition) is 2. The number of esters is 1. The van der Waals surface area contributed by atoms with E-state index in [1.54, 1.807) is 20.1 Å². The topological polar surface area (TPSA) is 68.8 Å². The molecule has 1 unspecified atom stereocenters. The Morgan fingerprint density at radius 2 is 2.04 bits per heavy atom. The molecule has 1 aromatic rings. The van der Waals surface area contributed by atoms with Gasteiger partial charge >= 0.3 is 5.97 Å². The third-order valence-electron chi connectivity index (χ3n) is 3.50. The van der Waals surface area contributed by atoms with Crippen molar-refractivity contribution in [2.45, 2.75) is 19.9 Å². The molecule has 0 bridgehead atoms. The number of thiocarbonyl (C=S) groups is 1. The number of carbonyl (C=O) groups excluding carboxylic acids is 1. The molecule has 124 valence electrons. The van der Waals surface area contributed by atoms with Crippen molar-refractivity contribution < 1.29 is 19.0 Å². The van der Waals surface area contributed by atoms with Gasteiger partial charge in [0.2, 0.25) is 0 Å². The Hall–Kier alpha value is -2.28. The lowest BCUT2D eigenvalue weighted by atomic mass is 9.95. The second kappa shape index (κ2) is 7.32. The van der Waals surface area contributed by atoms with Crippen molar-refractivity contribution in [3.8, 4) is 11.5 Å². The Balaban J connectivity index is 2.49. The summed E-state index contributed by atoms with van der Waals surface area (Å²) in [6.45, 7) is 4.20. The standard InChI is InChI=1S/C16H20N2O4S/c1-5-22-12-8-10(6-7-11(12)20-3)14-13(15(19)21-4)9(2)17-16(23)18-14/h6-8,14H,5H2,1-4H3,(H2,17,18,23). The molecule has 1 heterocycles. The van der Waals surface area contributed by atoms with E-state index < -0.39 is 12.0 Å². The van der Waals surface area contributed by atoms with E-state index in [0.29, 0.717) is 34.5 Å². The number of benzene rings is 1. The normalized spacial score (nSPS) is 17.2. The molecule has 23 heavy (non-hydrogen) atoms. The van der Waals surface area contributed by atoms with Gasteiger partial charge in [-0.2, -0.15) is 0 Å². The maximum atomic E-state index is 12.1. The molecule has 0 radical (unpaired) electrons. The highest BCUT2D eigenvalue weighted by Gasteiger charge is 2.31. The molecular weight excluding hydrogens is 316 g/mol. The minimum atomic E-state index is -0.415. The van der Waals surface area contributed by atoms with Gasteiger partial charge in [0, 0.05) is 5.70 Å². The molecule has 0 spiro atoms. The van der Waals surface area contributed by atoms with Crippen LogP contribution in [-0.2, 0) is 9.53 Å². The fourth-order valence-corrected chi connectivity index (χ4v) is 2.74. The van der Waals surface area contributed by atoms with E-state index in [1.165, 1.54) is 7.11 Å². The molecule has 0 saturated carbocycles. The summed E-state index contributed by atoms with van der Waals surface area (Å²) >= 11 is 5.20. The largest absolute Gasteiger partial charge is 0.493 e. The third kappa shape index (κ3) is 3.56. The molecule has 1 aromatic carbocycles. The molecule has 6 nitrogen and oxygen atoms in total. The van der Waals surface area contributed by atoms with Crippen molar-refractivity contribution in [2.24, 2.45) is 0 Å². The molecule has 0 amide bonds. The molecular formula is C16H20N2O4S. The van der Waals surface area contributed by atoms with Gasteiger partial charge in [0.05, 0.1) is 32.4 Å². The van der Waals surface area contributed by atoms with Gasteiger partial charge in [-0.05, 0) is 43.8 Å². The molecule has 0 aromatic heterocycles. The maximum absolute atomic E-state index is 12.1. The molecule has 1 aliphatic rings. The first-order chi connectivity index (χ1) is 11.0. The molecule has 0 fully saturated rings. The Bertz CT molecular complexity index is 657. The highest BCUT2D eigenvalue weighted by molar-refractivity contribution is 7.80. The number of allylic oxidation sites excluding steroid dienone is 1. The van der Waals surface area contributed by atoms with Crippen molar-refractivity contribution in [2.75, 3.05) is 20.8 Å². The zero-order chi connectivity index (χ0) is 17.0. The lowest BCUT2D eigenvalue weighted by molar-refractivity contribution is -0.136. The van der Waals surface area contributed by atoms with Crippen LogP contribution in [0, 0.1) is 0 Å². The van der Waals surface area contributed by atoms with Crippen LogP contribution in [0.3, 0.4) is 0 Å². The summed E-state index contributed by atoms with van der Waals surface area (Å²) in [5.41, 5.74) is 1.98. The van der Waals surface area contributed by atoms with Crippen LogP contribution in [0.4, 0.5) is 0 Å². The van der Waals surface area contributed by atoms with Crippen molar-refractivity contribution in [3.63, 3.8) is 0 Å². The summed E-state index contributed by atoms with van der Waals surface area (Å²) < 4.78 is 15.8. The van der Waals surface area contributed by atoms with E-state index in [1.807, 2.05) is 19.1 Å². The first kappa shape index (κ1) is 17.1. The van der Waals surface area contributed by atoms with Crippen LogP contribution in [0.2, 0.25) is 0 Å². The van der Waals surface area contributed by atoms with E-state index in [-0.39, 0.29) is 0 Å². The van der Waals surface area contributed by atoms with Gasteiger partial charge in [-0.25, -0.2) is 4.79 Å². The van der Waals surface area contributed by atoms with E-state index in [2.05, 4.69) is 10.6 Å². The average Bonchev–Trinajstić information content (AvgIpc) is 2.53. The molecule has 2 rings (SSSR count). The maximum Gasteiger partial charge on any atom is 0.337 e. The quantitative estimate of drug-likeness (QED) is 0.630. The first-order valence-corrected chi connectivity index (χ1v) is 7.60. The Kier molecular flexibility index (Phi) is 5.44. The van der Waals surface area contributed by atoms with Crippen molar-refractivity contribution >= 4 is 23.3 Å². The fraction of sp³-hybridized carbons (Fsp3) is 0.375. The molecule has 2 N–H and O–H groups in total. The number of hydrogen-bond acceptors (Lipinski definition) is 5. The predicted molar refractivity (Wildman–Crippen MR) is 90.5 cm³/mol. The molecule has 1 aliphatic heterocycles. The predicted octanol–water partition coefficient (Wildman–Crippen LogP) is 2.06.